The first-order valence-corrected chi connectivity index (χ1v) is 8.90. The normalized spacial score (nSPS) is 11.5. The summed E-state index contributed by atoms with van der Waals surface area (Å²) in [5.41, 5.74) is 1.53. The predicted molar refractivity (Wildman–Crippen MR) is 102 cm³/mol. The van der Waals surface area contributed by atoms with Gasteiger partial charge < -0.3 is 14.8 Å². The Kier molecular flexibility index (Phi) is 7.43. The number of methoxy groups -OCH3 is 2. The van der Waals surface area contributed by atoms with Crippen molar-refractivity contribution in [2.45, 2.75) is 5.75 Å². The van der Waals surface area contributed by atoms with Crippen molar-refractivity contribution in [1.29, 1.82) is 0 Å². The SMILES string of the molecule is COc1ccc(CSC(Cl)=C(Cl)C(=O)Nc2ccc(OC)nc2)cc1. The smallest absolute Gasteiger partial charge is 0.269 e. The summed E-state index contributed by atoms with van der Waals surface area (Å²) in [6.07, 6.45) is 1.47. The van der Waals surface area contributed by atoms with Crippen molar-refractivity contribution in [1.82, 2.24) is 4.98 Å². The topological polar surface area (TPSA) is 60.5 Å². The summed E-state index contributed by atoms with van der Waals surface area (Å²) in [6.45, 7) is 0. The van der Waals surface area contributed by atoms with Gasteiger partial charge in [0.1, 0.15) is 10.8 Å². The van der Waals surface area contributed by atoms with Crippen LogP contribution in [0.3, 0.4) is 0 Å². The monoisotopic (exact) mass is 398 g/mol. The molecule has 5 nitrogen and oxygen atoms in total. The first-order valence-electron chi connectivity index (χ1n) is 7.16. The van der Waals surface area contributed by atoms with Crippen LogP contribution in [0, 0.1) is 0 Å². The molecule has 0 unspecified atom stereocenters. The Morgan fingerprint density at radius 3 is 2.40 bits per heavy atom. The van der Waals surface area contributed by atoms with E-state index in [-0.39, 0.29) is 9.40 Å². The summed E-state index contributed by atoms with van der Waals surface area (Å²) in [7, 11) is 3.13. The van der Waals surface area contributed by atoms with Crippen molar-refractivity contribution < 1.29 is 14.3 Å². The van der Waals surface area contributed by atoms with Crippen LogP contribution in [0.25, 0.3) is 0 Å². The van der Waals surface area contributed by atoms with E-state index in [4.69, 9.17) is 32.7 Å². The standard InChI is InChI=1S/C17H16Cl2N2O3S/c1-23-13-6-3-11(4-7-13)10-25-16(19)15(18)17(22)21-12-5-8-14(24-2)20-9-12/h3-9H,10H2,1-2H3,(H,21,22). The van der Waals surface area contributed by atoms with Crippen LogP contribution in [0.4, 0.5) is 5.69 Å². The Balaban J connectivity index is 1.94. The molecule has 8 heteroatoms. The molecule has 1 N–H and O–H groups in total. The number of nitrogens with zero attached hydrogens (tertiary/aromatic N) is 1. The van der Waals surface area contributed by atoms with Crippen molar-refractivity contribution in [3.05, 3.63) is 57.6 Å². The third-order valence-electron chi connectivity index (χ3n) is 3.10. The molecule has 1 aromatic carbocycles. The molecular weight excluding hydrogens is 383 g/mol. The van der Waals surface area contributed by atoms with Gasteiger partial charge in [0, 0.05) is 11.8 Å². The van der Waals surface area contributed by atoms with E-state index in [1.165, 1.54) is 25.1 Å². The second-order valence-electron chi connectivity index (χ2n) is 4.77. The van der Waals surface area contributed by atoms with E-state index in [2.05, 4.69) is 10.3 Å². The van der Waals surface area contributed by atoms with Crippen LogP contribution in [0.2, 0.25) is 0 Å². The summed E-state index contributed by atoms with van der Waals surface area (Å²) in [6, 6.07) is 10.9. The number of hydrogen-bond acceptors (Lipinski definition) is 5. The number of halogens is 2. The van der Waals surface area contributed by atoms with E-state index in [1.807, 2.05) is 24.3 Å². The van der Waals surface area contributed by atoms with E-state index < -0.39 is 5.91 Å². The minimum atomic E-state index is -0.499. The van der Waals surface area contributed by atoms with Gasteiger partial charge in [0.2, 0.25) is 5.88 Å². The van der Waals surface area contributed by atoms with E-state index in [1.54, 1.807) is 19.2 Å². The molecule has 0 fully saturated rings. The lowest BCUT2D eigenvalue weighted by molar-refractivity contribution is -0.112. The number of thioether (sulfide) groups is 1. The molecule has 0 atom stereocenters. The highest BCUT2D eigenvalue weighted by atomic mass is 35.5. The van der Waals surface area contributed by atoms with Crippen LogP contribution < -0.4 is 14.8 Å². The van der Waals surface area contributed by atoms with Gasteiger partial charge in [-0.2, -0.15) is 0 Å². The number of anilines is 1. The summed E-state index contributed by atoms with van der Waals surface area (Å²) in [5.74, 6) is 1.31. The molecule has 0 saturated carbocycles. The molecule has 1 aromatic heterocycles. The lowest BCUT2D eigenvalue weighted by Crippen LogP contribution is -2.12. The molecule has 1 heterocycles. The van der Waals surface area contributed by atoms with Gasteiger partial charge in [0.15, 0.2) is 0 Å². The van der Waals surface area contributed by atoms with Crippen LogP contribution in [-0.4, -0.2) is 25.1 Å². The summed E-state index contributed by atoms with van der Waals surface area (Å²) >= 11 is 13.5. The molecule has 132 valence electrons. The van der Waals surface area contributed by atoms with Crippen molar-refractivity contribution in [3.63, 3.8) is 0 Å². The van der Waals surface area contributed by atoms with Gasteiger partial charge in [-0.3, -0.25) is 4.79 Å². The highest BCUT2D eigenvalue weighted by molar-refractivity contribution is 8.03. The van der Waals surface area contributed by atoms with E-state index in [0.29, 0.717) is 17.3 Å². The number of hydrogen-bond donors (Lipinski definition) is 1. The molecule has 1 amide bonds. The second kappa shape index (κ2) is 9.56. The Morgan fingerprint density at radius 1 is 1.12 bits per heavy atom. The van der Waals surface area contributed by atoms with Gasteiger partial charge >= 0.3 is 0 Å². The molecular formula is C17H16Cl2N2O3S. The average molecular weight is 399 g/mol. The zero-order valence-electron chi connectivity index (χ0n) is 13.6. The zero-order chi connectivity index (χ0) is 18.2. The first-order chi connectivity index (χ1) is 12.0. The van der Waals surface area contributed by atoms with Crippen LogP contribution in [0.1, 0.15) is 5.56 Å². The third kappa shape index (κ3) is 5.85. The minimum absolute atomic E-state index is 0.0732. The number of carbonyl (C=O) groups is 1. The zero-order valence-corrected chi connectivity index (χ0v) is 15.9. The molecule has 0 aliphatic rings. The molecule has 0 spiro atoms. The fourth-order valence-electron chi connectivity index (χ4n) is 1.78. The lowest BCUT2D eigenvalue weighted by atomic mass is 10.2. The Bertz CT molecular complexity index is 749. The number of aromatic nitrogens is 1. The predicted octanol–water partition coefficient (Wildman–Crippen LogP) is 4.62. The van der Waals surface area contributed by atoms with Crippen LogP contribution in [0.15, 0.2) is 52.0 Å². The van der Waals surface area contributed by atoms with Crippen molar-refractivity contribution in [2.75, 3.05) is 19.5 Å². The van der Waals surface area contributed by atoms with Gasteiger partial charge in [-0.25, -0.2) is 4.98 Å². The quantitative estimate of drug-likeness (QED) is 0.689. The number of carbonyl (C=O) groups excluding carboxylic acids is 1. The largest absolute Gasteiger partial charge is 0.497 e. The van der Waals surface area contributed by atoms with E-state index in [9.17, 15) is 4.79 Å². The van der Waals surface area contributed by atoms with Crippen molar-refractivity contribution in [2.24, 2.45) is 0 Å². The van der Waals surface area contributed by atoms with E-state index >= 15 is 0 Å². The highest BCUT2D eigenvalue weighted by Crippen LogP contribution is 2.30. The number of rotatable bonds is 7. The van der Waals surface area contributed by atoms with Crippen LogP contribution >= 0.6 is 35.0 Å². The van der Waals surface area contributed by atoms with Crippen LogP contribution in [-0.2, 0) is 10.5 Å². The summed E-state index contributed by atoms with van der Waals surface area (Å²) in [4.78, 5) is 16.1. The van der Waals surface area contributed by atoms with E-state index in [0.717, 1.165) is 11.3 Å². The number of pyridine rings is 1. The summed E-state index contributed by atoms with van der Waals surface area (Å²) < 4.78 is 10.3. The third-order valence-corrected chi connectivity index (χ3v) is 5.12. The molecule has 0 radical (unpaired) electrons. The number of amides is 1. The molecule has 25 heavy (non-hydrogen) atoms. The lowest BCUT2D eigenvalue weighted by Gasteiger charge is -2.07. The Morgan fingerprint density at radius 2 is 1.84 bits per heavy atom. The molecule has 0 bridgehead atoms. The maximum Gasteiger partial charge on any atom is 0.269 e. The van der Waals surface area contributed by atoms with Gasteiger partial charge in [-0.1, -0.05) is 35.3 Å². The maximum absolute atomic E-state index is 12.1. The van der Waals surface area contributed by atoms with Crippen molar-refractivity contribution >= 4 is 46.6 Å². The molecule has 0 saturated heterocycles. The fourth-order valence-corrected chi connectivity index (χ4v) is 2.95. The number of ether oxygens (including phenoxy) is 2. The van der Waals surface area contributed by atoms with Crippen molar-refractivity contribution in [3.8, 4) is 11.6 Å². The first kappa shape index (κ1) is 19.4. The summed E-state index contributed by atoms with van der Waals surface area (Å²) in [5, 5.41) is 2.55. The molecule has 2 rings (SSSR count). The minimum Gasteiger partial charge on any atom is -0.497 e. The average Bonchev–Trinajstić information content (AvgIpc) is 2.66. The van der Waals surface area contributed by atoms with Gasteiger partial charge in [0.05, 0.1) is 30.5 Å². The number of benzene rings is 1. The second-order valence-corrected chi connectivity index (χ2v) is 6.73. The maximum atomic E-state index is 12.1. The van der Waals surface area contributed by atoms with Gasteiger partial charge in [-0.15, -0.1) is 11.8 Å². The van der Waals surface area contributed by atoms with Crippen LogP contribution in [0.5, 0.6) is 11.6 Å². The number of nitrogens with one attached hydrogen (secondary N) is 1. The highest BCUT2D eigenvalue weighted by Gasteiger charge is 2.13. The molecule has 0 aliphatic carbocycles. The van der Waals surface area contributed by atoms with Gasteiger partial charge in [0.25, 0.3) is 5.91 Å². The molecule has 2 aromatic rings. The molecule has 0 aliphatic heterocycles. The Hall–Kier alpha value is -1.89. The fraction of sp³-hybridized carbons (Fsp3) is 0.176. The Labute approximate surface area is 160 Å². The van der Waals surface area contributed by atoms with Gasteiger partial charge in [-0.05, 0) is 23.8 Å².